The first-order valence-electron chi connectivity index (χ1n) is 6.61. The summed E-state index contributed by atoms with van der Waals surface area (Å²) in [5.41, 5.74) is 0.794. The van der Waals surface area contributed by atoms with E-state index in [0.717, 1.165) is 0 Å². The minimum absolute atomic E-state index is 0.240. The highest BCUT2D eigenvalue weighted by atomic mass is 35.5. The molecule has 0 bridgehead atoms. The fourth-order valence-corrected chi connectivity index (χ4v) is 2.71. The van der Waals surface area contributed by atoms with Crippen molar-refractivity contribution in [3.8, 4) is 5.75 Å². The molecule has 1 heterocycles. The first kappa shape index (κ1) is 14.9. The standard InChI is InChI=1S/C16H11Cl2NO3/c17-10-4-6-11(7-5-10)22-9-8-19-14-12(15(20)16(19)21)2-1-3-13(14)18/h1-7H,8-9H2. The van der Waals surface area contributed by atoms with Crippen LogP contribution in [0.2, 0.25) is 10.0 Å². The van der Waals surface area contributed by atoms with Gasteiger partial charge < -0.3 is 4.74 Å². The van der Waals surface area contributed by atoms with Gasteiger partial charge in [-0.3, -0.25) is 14.5 Å². The highest BCUT2D eigenvalue weighted by Gasteiger charge is 2.37. The zero-order chi connectivity index (χ0) is 15.7. The number of carbonyl (C=O) groups excluding carboxylic acids is 2. The Morgan fingerprint density at radius 1 is 1.00 bits per heavy atom. The minimum atomic E-state index is -0.581. The molecule has 0 N–H and O–H groups in total. The maximum atomic E-state index is 12.0. The molecule has 0 saturated carbocycles. The van der Waals surface area contributed by atoms with Gasteiger partial charge in [-0.05, 0) is 36.4 Å². The molecular weight excluding hydrogens is 325 g/mol. The maximum absolute atomic E-state index is 12.0. The number of halogens is 2. The van der Waals surface area contributed by atoms with Crippen molar-refractivity contribution in [2.45, 2.75) is 0 Å². The number of amides is 1. The summed E-state index contributed by atoms with van der Waals surface area (Å²) < 4.78 is 5.55. The van der Waals surface area contributed by atoms with E-state index in [1.165, 1.54) is 4.90 Å². The molecular formula is C16H11Cl2NO3. The Morgan fingerprint density at radius 3 is 2.45 bits per heavy atom. The second-order valence-electron chi connectivity index (χ2n) is 4.72. The zero-order valence-corrected chi connectivity index (χ0v) is 12.9. The minimum Gasteiger partial charge on any atom is -0.492 e. The quantitative estimate of drug-likeness (QED) is 0.802. The van der Waals surface area contributed by atoms with Crippen molar-refractivity contribution in [2.75, 3.05) is 18.1 Å². The summed E-state index contributed by atoms with van der Waals surface area (Å²) >= 11 is 11.9. The Hall–Kier alpha value is -2.04. The number of benzene rings is 2. The first-order valence-corrected chi connectivity index (χ1v) is 7.36. The number of rotatable bonds is 4. The molecule has 22 heavy (non-hydrogen) atoms. The van der Waals surface area contributed by atoms with E-state index in [1.54, 1.807) is 42.5 Å². The summed E-state index contributed by atoms with van der Waals surface area (Å²) in [5.74, 6) is -0.478. The number of hydrogen-bond donors (Lipinski definition) is 0. The average molecular weight is 336 g/mol. The van der Waals surface area contributed by atoms with E-state index in [4.69, 9.17) is 27.9 Å². The Balaban J connectivity index is 1.72. The van der Waals surface area contributed by atoms with Gasteiger partial charge >= 0.3 is 0 Å². The highest BCUT2D eigenvalue weighted by molar-refractivity contribution is 6.54. The Labute approximate surface area is 137 Å². The molecule has 6 heteroatoms. The molecule has 112 valence electrons. The van der Waals surface area contributed by atoms with Gasteiger partial charge in [0.1, 0.15) is 12.4 Å². The van der Waals surface area contributed by atoms with Gasteiger partial charge in [0, 0.05) is 5.02 Å². The topological polar surface area (TPSA) is 46.6 Å². The van der Waals surface area contributed by atoms with Gasteiger partial charge in [-0.15, -0.1) is 0 Å². The highest BCUT2D eigenvalue weighted by Crippen LogP contribution is 2.35. The Morgan fingerprint density at radius 2 is 1.73 bits per heavy atom. The van der Waals surface area contributed by atoms with Gasteiger partial charge in [-0.25, -0.2) is 0 Å². The van der Waals surface area contributed by atoms with Crippen LogP contribution in [0.1, 0.15) is 10.4 Å². The van der Waals surface area contributed by atoms with Crippen LogP contribution in [-0.4, -0.2) is 24.8 Å². The molecule has 0 radical (unpaired) electrons. The molecule has 1 amide bonds. The number of para-hydroxylation sites is 1. The summed E-state index contributed by atoms with van der Waals surface area (Å²) in [4.78, 5) is 25.3. The molecule has 0 aromatic heterocycles. The van der Waals surface area contributed by atoms with Gasteiger partial charge in [-0.1, -0.05) is 29.3 Å². The van der Waals surface area contributed by atoms with Gasteiger partial charge in [0.25, 0.3) is 11.7 Å². The molecule has 1 aliphatic rings. The summed E-state index contributed by atoms with van der Waals surface area (Å²) in [7, 11) is 0. The SMILES string of the molecule is O=C1C(=O)N(CCOc2ccc(Cl)cc2)c2c(Cl)cccc21. The fourth-order valence-electron chi connectivity index (χ4n) is 2.31. The summed E-state index contributed by atoms with van der Waals surface area (Å²) in [6.45, 7) is 0.481. The predicted molar refractivity (Wildman–Crippen MR) is 85.1 cm³/mol. The van der Waals surface area contributed by atoms with Crippen molar-refractivity contribution in [1.29, 1.82) is 0 Å². The summed E-state index contributed by atoms with van der Waals surface area (Å²) in [6.07, 6.45) is 0. The smallest absolute Gasteiger partial charge is 0.299 e. The first-order chi connectivity index (χ1) is 10.6. The van der Waals surface area contributed by atoms with Gasteiger partial charge in [0.15, 0.2) is 0 Å². The van der Waals surface area contributed by atoms with Crippen LogP contribution >= 0.6 is 23.2 Å². The lowest BCUT2D eigenvalue weighted by Gasteiger charge is -2.17. The third-order valence-electron chi connectivity index (χ3n) is 3.34. The molecule has 0 aliphatic carbocycles. The van der Waals surface area contributed by atoms with Gasteiger partial charge in [0.05, 0.1) is 22.8 Å². The molecule has 2 aromatic carbocycles. The molecule has 0 spiro atoms. The molecule has 0 atom stereocenters. The van der Waals surface area contributed by atoms with E-state index in [0.29, 0.717) is 27.0 Å². The van der Waals surface area contributed by atoms with E-state index < -0.39 is 11.7 Å². The van der Waals surface area contributed by atoms with Crippen molar-refractivity contribution in [2.24, 2.45) is 0 Å². The second-order valence-corrected chi connectivity index (χ2v) is 5.57. The zero-order valence-electron chi connectivity index (χ0n) is 11.4. The Kier molecular flexibility index (Phi) is 4.05. The van der Waals surface area contributed by atoms with Gasteiger partial charge in [0.2, 0.25) is 0 Å². The average Bonchev–Trinajstić information content (AvgIpc) is 2.76. The van der Waals surface area contributed by atoms with Crippen molar-refractivity contribution in [3.63, 3.8) is 0 Å². The maximum Gasteiger partial charge on any atom is 0.299 e. The normalized spacial score (nSPS) is 13.5. The molecule has 0 unspecified atom stereocenters. The number of anilines is 1. The van der Waals surface area contributed by atoms with Crippen LogP contribution in [0, 0.1) is 0 Å². The van der Waals surface area contributed by atoms with Crippen LogP contribution in [0.4, 0.5) is 5.69 Å². The van der Waals surface area contributed by atoms with Crippen LogP contribution in [0.5, 0.6) is 5.75 Å². The molecule has 3 rings (SSSR count). The van der Waals surface area contributed by atoms with Crippen molar-refractivity contribution in [1.82, 2.24) is 0 Å². The lowest BCUT2D eigenvalue weighted by atomic mass is 10.1. The Bertz CT molecular complexity index is 744. The third kappa shape index (κ3) is 2.67. The molecule has 0 saturated heterocycles. The number of ketones is 1. The van der Waals surface area contributed by atoms with E-state index in [-0.39, 0.29) is 13.2 Å². The number of ether oxygens (including phenoxy) is 1. The molecule has 0 fully saturated rings. The number of Topliss-reactive ketones (excluding diaryl/α,β-unsaturated/α-hetero) is 1. The van der Waals surface area contributed by atoms with Crippen molar-refractivity contribution < 1.29 is 14.3 Å². The van der Waals surface area contributed by atoms with Crippen LogP contribution < -0.4 is 9.64 Å². The lowest BCUT2D eigenvalue weighted by Crippen LogP contribution is -2.33. The number of nitrogens with zero attached hydrogens (tertiary/aromatic N) is 1. The van der Waals surface area contributed by atoms with E-state index in [9.17, 15) is 9.59 Å². The third-order valence-corrected chi connectivity index (χ3v) is 3.89. The fraction of sp³-hybridized carbons (Fsp3) is 0.125. The van der Waals surface area contributed by atoms with Crippen LogP contribution in [0.3, 0.4) is 0 Å². The van der Waals surface area contributed by atoms with E-state index in [1.807, 2.05) is 0 Å². The van der Waals surface area contributed by atoms with Crippen molar-refractivity contribution in [3.05, 3.63) is 58.1 Å². The monoisotopic (exact) mass is 335 g/mol. The van der Waals surface area contributed by atoms with Crippen LogP contribution in [-0.2, 0) is 4.79 Å². The lowest BCUT2D eigenvalue weighted by molar-refractivity contribution is -0.114. The predicted octanol–water partition coefficient (Wildman–Crippen LogP) is 3.60. The second kappa shape index (κ2) is 5.99. The largest absolute Gasteiger partial charge is 0.492 e. The number of carbonyl (C=O) groups is 2. The van der Waals surface area contributed by atoms with E-state index in [2.05, 4.69) is 0 Å². The van der Waals surface area contributed by atoms with E-state index >= 15 is 0 Å². The summed E-state index contributed by atoms with van der Waals surface area (Å²) in [5, 5.41) is 0.997. The summed E-state index contributed by atoms with van der Waals surface area (Å²) in [6, 6.07) is 11.8. The molecule has 1 aliphatic heterocycles. The molecule has 4 nitrogen and oxygen atoms in total. The number of fused-ring (bicyclic) bond motifs is 1. The van der Waals surface area contributed by atoms with Crippen molar-refractivity contribution >= 4 is 40.6 Å². The van der Waals surface area contributed by atoms with Gasteiger partial charge in [-0.2, -0.15) is 0 Å². The molecule has 2 aromatic rings. The van der Waals surface area contributed by atoms with Crippen LogP contribution in [0.25, 0.3) is 0 Å². The number of hydrogen-bond acceptors (Lipinski definition) is 3. The van der Waals surface area contributed by atoms with Crippen LogP contribution in [0.15, 0.2) is 42.5 Å².